The number of aryl methyl sites for hydroxylation is 1. The van der Waals surface area contributed by atoms with Crippen molar-refractivity contribution in [1.29, 1.82) is 0 Å². The smallest absolute Gasteiger partial charge is 0.162 e. The highest BCUT2D eigenvalue weighted by Crippen LogP contribution is 2.32. The molecule has 2 heterocycles. The van der Waals surface area contributed by atoms with Crippen LogP contribution in [0.25, 0.3) is 21.6 Å². The number of hydrogen-bond donors (Lipinski definition) is 0. The van der Waals surface area contributed by atoms with E-state index in [4.69, 9.17) is 11.6 Å². The minimum atomic E-state index is -0.315. The lowest BCUT2D eigenvalue weighted by atomic mass is 10.2. The van der Waals surface area contributed by atoms with Crippen molar-refractivity contribution in [1.82, 2.24) is 9.97 Å². The van der Waals surface area contributed by atoms with Crippen molar-refractivity contribution in [3.05, 3.63) is 44.6 Å². The molecule has 0 unspecified atom stereocenters. The number of benzene rings is 1. The van der Waals surface area contributed by atoms with E-state index < -0.39 is 0 Å². The Hall–Kier alpha value is -1.04. The SMILES string of the molecule is CCc1cc2c(Cl)nc(-c3ccc(F)c(Br)c3)nc2s1. The van der Waals surface area contributed by atoms with Crippen LogP contribution in [0, 0.1) is 5.82 Å². The van der Waals surface area contributed by atoms with Crippen molar-refractivity contribution in [2.24, 2.45) is 0 Å². The molecule has 0 saturated carbocycles. The molecule has 0 saturated heterocycles. The summed E-state index contributed by atoms with van der Waals surface area (Å²) in [6.07, 6.45) is 0.939. The minimum Gasteiger partial charge on any atom is -0.217 e. The highest BCUT2D eigenvalue weighted by Gasteiger charge is 2.12. The predicted molar refractivity (Wildman–Crippen MR) is 84.9 cm³/mol. The van der Waals surface area contributed by atoms with Gasteiger partial charge in [0.1, 0.15) is 15.8 Å². The molecule has 2 nitrogen and oxygen atoms in total. The topological polar surface area (TPSA) is 25.8 Å². The summed E-state index contributed by atoms with van der Waals surface area (Å²) in [5, 5.41) is 1.31. The quantitative estimate of drug-likeness (QED) is 0.558. The fraction of sp³-hybridized carbons (Fsp3) is 0.143. The second-order valence-corrected chi connectivity index (χ2v) is 6.58. The van der Waals surface area contributed by atoms with E-state index in [0.29, 0.717) is 15.5 Å². The fourth-order valence-electron chi connectivity index (χ4n) is 1.88. The van der Waals surface area contributed by atoms with E-state index in [1.807, 2.05) is 6.07 Å². The summed E-state index contributed by atoms with van der Waals surface area (Å²) in [5.74, 6) is 0.193. The minimum absolute atomic E-state index is 0.315. The van der Waals surface area contributed by atoms with Crippen LogP contribution in [0.1, 0.15) is 11.8 Å². The first kappa shape index (κ1) is 13.9. The zero-order valence-corrected chi connectivity index (χ0v) is 13.6. The van der Waals surface area contributed by atoms with Crippen LogP contribution < -0.4 is 0 Å². The van der Waals surface area contributed by atoms with Gasteiger partial charge in [0.25, 0.3) is 0 Å². The molecule has 0 radical (unpaired) electrons. The van der Waals surface area contributed by atoms with E-state index >= 15 is 0 Å². The third-order valence-corrected chi connectivity index (χ3v) is 4.99. The maximum atomic E-state index is 13.3. The van der Waals surface area contributed by atoms with Crippen LogP contribution in [0.15, 0.2) is 28.7 Å². The summed E-state index contributed by atoms with van der Waals surface area (Å²) >= 11 is 11.0. The molecule has 20 heavy (non-hydrogen) atoms. The molecule has 6 heteroatoms. The molecule has 0 bridgehead atoms. The van der Waals surface area contributed by atoms with Gasteiger partial charge in [-0.3, -0.25) is 0 Å². The summed E-state index contributed by atoms with van der Waals surface area (Å²) in [6.45, 7) is 2.09. The molecule has 3 rings (SSSR count). The summed E-state index contributed by atoms with van der Waals surface area (Å²) in [5.41, 5.74) is 0.730. The first-order valence-corrected chi connectivity index (χ1v) is 7.98. The second kappa shape index (κ2) is 5.39. The Kier molecular flexibility index (Phi) is 3.75. The Bertz CT molecular complexity index is 803. The third kappa shape index (κ3) is 2.45. The summed E-state index contributed by atoms with van der Waals surface area (Å²) in [7, 11) is 0. The molecule has 102 valence electrons. The monoisotopic (exact) mass is 370 g/mol. The summed E-state index contributed by atoms with van der Waals surface area (Å²) < 4.78 is 13.7. The summed E-state index contributed by atoms with van der Waals surface area (Å²) in [4.78, 5) is 10.9. The largest absolute Gasteiger partial charge is 0.217 e. The Labute approximate surface area is 132 Å². The van der Waals surface area contributed by atoms with Crippen LogP contribution in [0.5, 0.6) is 0 Å². The van der Waals surface area contributed by atoms with Gasteiger partial charge in [-0.1, -0.05) is 18.5 Å². The zero-order chi connectivity index (χ0) is 14.3. The zero-order valence-electron chi connectivity index (χ0n) is 10.5. The van der Waals surface area contributed by atoms with Crippen LogP contribution in [0.2, 0.25) is 5.15 Å². The average molecular weight is 372 g/mol. The molecule has 0 fully saturated rings. The van der Waals surface area contributed by atoms with E-state index in [1.165, 1.54) is 10.9 Å². The van der Waals surface area contributed by atoms with Crippen LogP contribution in [0.4, 0.5) is 4.39 Å². The Morgan fingerprint density at radius 3 is 2.80 bits per heavy atom. The molecule has 0 spiro atoms. The summed E-state index contributed by atoms with van der Waals surface area (Å²) in [6, 6.07) is 6.70. The van der Waals surface area contributed by atoms with Gasteiger partial charge in [-0.25, -0.2) is 14.4 Å². The normalized spacial score (nSPS) is 11.2. The third-order valence-electron chi connectivity index (χ3n) is 2.92. The number of hydrogen-bond acceptors (Lipinski definition) is 3. The lowest BCUT2D eigenvalue weighted by Gasteiger charge is -2.03. The Balaban J connectivity index is 2.18. The first-order chi connectivity index (χ1) is 9.58. The highest BCUT2D eigenvalue weighted by molar-refractivity contribution is 9.10. The first-order valence-electron chi connectivity index (χ1n) is 6.00. The predicted octanol–water partition coefficient (Wildman–Crippen LogP) is 5.48. The van der Waals surface area contributed by atoms with Crippen molar-refractivity contribution in [2.75, 3.05) is 0 Å². The second-order valence-electron chi connectivity index (χ2n) is 4.25. The maximum absolute atomic E-state index is 13.3. The number of nitrogens with zero attached hydrogens (tertiary/aromatic N) is 2. The van der Waals surface area contributed by atoms with Crippen LogP contribution in [-0.4, -0.2) is 9.97 Å². The highest BCUT2D eigenvalue weighted by atomic mass is 79.9. The number of halogens is 3. The molecule has 0 amide bonds. The van der Waals surface area contributed by atoms with Gasteiger partial charge in [-0.05, 0) is 46.6 Å². The van der Waals surface area contributed by atoms with Crippen molar-refractivity contribution >= 4 is 49.1 Å². The molecule has 3 aromatic rings. The molecule has 0 N–H and O–H groups in total. The van der Waals surface area contributed by atoms with Crippen LogP contribution in [0.3, 0.4) is 0 Å². The maximum Gasteiger partial charge on any atom is 0.162 e. The van der Waals surface area contributed by atoms with Crippen molar-refractivity contribution in [3.8, 4) is 11.4 Å². The molecule has 0 atom stereocenters. The molecule has 0 aliphatic heterocycles. The average Bonchev–Trinajstić information content (AvgIpc) is 2.85. The standard InChI is InChI=1S/C14H9BrClFN2S/c1-2-8-6-9-12(16)18-13(19-14(9)20-8)7-3-4-11(17)10(15)5-7/h3-6H,2H2,1H3. The molecule has 2 aromatic heterocycles. The molecular weight excluding hydrogens is 363 g/mol. The van der Waals surface area contributed by atoms with E-state index in [2.05, 4.69) is 32.8 Å². The van der Waals surface area contributed by atoms with Gasteiger partial charge in [0, 0.05) is 15.8 Å². The number of rotatable bonds is 2. The van der Waals surface area contributed by atoms with E-state index in [1.54, 1.807) is 23.5 Å². The van der Waals surface area contributed by atoms with Gasteiger partial charge in [0.15, 0.2) is 5.82 Å². The molecule has 0 aliphatic rings. The van der Waals surface area contributed by atoms with Gasteiger partial charge in [-0.2, -0.15) is 0 Å². The van der Waals surface area contributed by atoms with Crippen molar-refractivity contribution in [3.63, 3.8) is 0 Å². The number of thiophene rings is 1. The van der Waals surface area contributed by atoms with Gasteiger partial charge in [0.05, 0.1) is 4.47 Å². The van der Waals surface area contributed by atoms with Crippen LogP contribution >= 0.6 is 38.9 Å². The van der Waals surface area contributed by atoms with Gasteiger partial charge in [0.2, 0.25) is 0 Å². The lowest BCUT2D eigenvalue weighted by molar-refractivity contribution is 0.621. The van der Waals surface area contributed by atoms with Gasteiger partial charge >= 0.3 is 0 Å². The van der Waals surface area contributed by atoms with E-state index in [-0.39, 0.29) is 5.82 Å². The van der Waals surface area contributed by atoms with Gasteiger partial charge < -0.3 is 0 Å². The molecular formula is C14H9BrClFN2S. The molecule has 1 aromatic carbocycles. The van der Waals surface area contributed by atoms with Gasteiger partial charge in [-0.15, -0.1) is 11.3 Å². The Morgan fingerprint density at radius 1 is 1.30 bits per heavy atom. The van der Waals surface area contributed by atoms with E-state index in [0.717, 1.165) is 22.2 Å². The number of aromatic nitrogens is 2. The molecule has 0 aliphatic carbocycles. The van der Waals surface area contributed by atoms with Crippen LogP contribution in [-0.2, 0) is 6.42 Å². The number of fused-ring (bicyclic) bond motifs is 1. The lowest BCUT2D eigenvalue weighted by Crippen LogP contribution is -1.90. The Morgan fingerprint density at radius 2 is 2.10 bits per heavy atom. The van der Waals surface area contributed by atoms with Crippen molar-refractivity contribution < 1.29 is 4.39 Å². The fourth-order valence-corrected chi connectivity index (χ4v) is 3.50. The van der Waals surface area contributed by atoms with E-state index in [9.17, 15) is 4.39 Å². The van der Waals surface area contributed by atoms with Crippen molar-refractivity contribution in [2.45, 2.75) is 13.3 Å².